The highest BCUT2D eigenvalue weighted by molar-refractivity contribution is 7.89. The molecule has 2 heterocycles. The van der Waals surface area contributed by atoms with Crippen LogP contribution in [0.4, 0.5) is 0 Å². The lowest BCUT2D eigenvalue weighted by molar-refractivity contribution is 0.0452. The molecular weight excluding hydrogens is 435 g/mol. The summed E-state index contributed by atoms with van der Waals surface area (Å²) < 4.78 is 28.3. The third kappa shape index (κ3) is 4.62. The normalized spacial score (nSPS) is 18.2. The third-order valence-corrected chi connectivity index (χ3v) is 5.33. The average molecular weight is 451 g/mol. The minimum Gasteiger partial charge on any atom is -0.266 e. The lowest BCUT2D eigenvalue weighted by Crippen LogP contribution is -2.14. The summed E-state index contributed by atoms with van der Waals surface area (Å²) in [7, 11) is -3.52. The number of benzene rings is 2. The summed E-state index contributed by atoms with van der Waals surface area (Å²) in [5.74, 6) is 0.249. The summed E-state index contributed by atoms with van der Waals surface area (Å²) in [6.45, 7) is 0. The molecule has 1 aromatic heterocycles. The van der Waals surface area contributed by atoms with Gasteiger partial charge in [-0.15, -0.1) is 4.40 Å². The predicted molar refractivity (Wildman–Crippen MR) is 113 cm³/mol. The monoisotopic (exact) mass is 450 g/mol. The van der Waals surface area contributed by atoms with E-state index in [-0.39, 0.29) is 12.3 Å². The molecule has 0 radical (unpaired) electrons. The van der Waals surface area contributed by atoms with Crippen LogP contribution < -0.4 is 5.48 Å². The molecule has 1 N–H and O–H groups in total. The van der Waals surface area contributed by atoms with E-state index in [0.29, 0.717) is 15.7 Å². The summed E-state index contributed by atoms with van der Waals surface area (Å²) in [6.07, 6.45) is 2.71. The predicted octanol–water partition coefficient (Wildman–Crippen LogP) is 4.17. The first-order valence-corrected chi connectivity index (χ1v) is 11.2. The minimum atomic E-state index is -3.52. The summed E-state index contributed by atoms with van der Waals surface area (Å²) in [5.41, 5.74) is 5.77. The van der Waals surface area contributed by atoms with E-state index in [1.54, 1.807) is 28.9 Å². The second kappa shape index (κ2) is 7.79. The zero-order valence-corrected chi connectivity index (χ0v) is 17.5. The van der Waals surface area contributed by atoms with Crippen molar-refractivity contribution in [2.75, 3.05) is 6.26 Å². The largest absolute Gasteiger partial charge is 0.266 e. The van der Waals surface area contributed by atoms with Gasteiger partial charge >= 0.3 is 0 Å². The van der Waals surface area contributed by atoms with Crippen LogP contribution in [0, 0.1) is 0 Å². The molecule has 1 atom stereocenters. The van der Waals surface area contributed by atoms with Gasteiger partial charge in [0.15, 0.2) is 0 Å². The zero-order valence-electron chi connectivity index (χ0n) is 15.2. The van der Waals surface area contributed by atoms with E-state index in [1.165, 1.54) is 0 Å². The van der Waals surface area contributed by atoms with Gasteiger partial charge in [-0.3, -0.25) is 10.3 Å². The Kier molecular flexibility index (Phi) is 5.35. The van der Waals surface area contributed by atoms with E-state index in [4.69, 9.17) is 33.1 Å². The highest BCUT2D eigenvalue weighted by atomic mass is 35.5. The number of sulfonamides is 1. The van der Waals surface area contributed by atoms with Crippen molar-refractivity contribution in [1.29, 1.82) is 0 Å². The van der Waals surface area contributed by atoms with Crippen LogP contribution in [0.2, 0.25) is 10.0 Å². The molecule has 1 aliphatic heterocycles. The zero-order chi connectivity index (χ0) is 20.6. The van der Waals surface area contributed by atoms with Crippen LogP contribution >= 0.6 is 23.2 Å². The standard InChI is InChI=1S/C19H16Cl2N4O3S/c1-29(26,27)24-18-10-17(28-23-18)16-11-25(15-8-6-14(21)7-9-15)22-19(16)12-2-4-13(20)5-3-12/h2-9,11,17H,10H2,1H3,(H,23,24). The van der Waals surface area contributed by atoms with Crippen LogP contribution in [0.3, 0.4) is 0 Å². The van der Waals surface area contributed by atoms with Crippen LogP contribution in [0.1, 0.15) is 18.1 Å². The Morgan fingerprint density at radius 2 is 1.72 bits per heavy atom. The fraction of sp³-hybridized carbons (Fsp3) is 0.158. The van der Waals surface area contributed by atoms with Gasteiger partial charge in [0.2, 0.25) is 0 Å². The number of rotatable bonds is 4. The molecule has 0 saturated carbocycles. The first-order valence-electron chi connectivity index (χ1n) is 8.60. The molecular formula is C19H16Cl2N4O3S. The molecule has 29 heavy (non-hydrogen) atoms. The highest BCUT2D eigenvalue weighted by Crippen LogP contribution is 2.34. The lowest BCUT2D eigenvalue weighted by Gasteiger charge is -2.07. The number of hydrogen-bond donors (Lipinski definition) is 1. The Morgan fingerprint density at radius 3 is 2.34 bits per heavy atom. The molecule has 10 heteroatoms. The van der Waals surface area contributed by atoms with Gasteiger partial charge in [0.25, 0.3) is 10.0 Å². The molecule has 0 aliphatic carbocycles. The molecule has 3 aromatic rings. The fourth-order valence-corrected chi connectivity index (χ4v) is 3.77. The maximum atomic E-state index is 11.4. The molecule has 1 saturated heterocycles. The van der Waals surface area contributed by atoms with Gasteiger partial charge in [-0.1, -0.05) is 35.3 Å². The minimum absolute atomic E-state index is 0.249. The Morgan fingerprint density at radius 1 is 1.10 bits per heavy atom. The quantitative estimate of drug-likeness (QED) is 0.644. The topological polar surface area (TPSA) is 85.6 Å². The molecule has 150 valence electrons. The second-order valence-electron chi connectivity index (χ2n) is 6.54. The molecule has 7 nitrogen and oxygen atoms in total. The molecule has 1 fully saturated rings. The molecule has 0 spiro atoms. The van der Waals surface area contributed by atoms with Crippen LogP contribution in [-0.2, 0) is 14.9 Å². The molecule has 0 amide bonds. The molecule has 4 rings (SSSR count). The van der Waals surface area contributed by atoms with Crippen molar-refractivity contribution >= 4 is 39.1 Å². The van der Waals surface area contributed by atoms with Crippen molar-refractivity contribution in [3.8, 4) is 16.9 Å². The van der Waals surface area contributed by atoms with Gasteiger partial charge in [-0.25, -0.2) is 13.1 Å². The Hall–Kier alpha value is -2.39. The van der Waals surface area contributed by atoms with Gasteiger partial charge < -0.3 is 0 Å². The van der Waals surface area contributed by atoms with E-state index in [2.05, 4.69) is 9.88 Å². The van der Waals surface area contributed by atoms with Gasteiger partial charge in [0, 0.05) is 33.8 Å². The van der Waals surface area contributed by atoms with Gasteiger partial charge in [0.1, 0.15) is 11.9 Å². The van der Waals surface area contributed by atoms with E-state index >= 15 is 0 Å². The maximum Gasteiger partial charge on any atom is 0.251 e. The highest BCUT2D eigenvalue weighted by Gasteiger charge is 2.29. The van der Waals surface area contributed by atoms with Crippen molar-refractivity contribution in [2.45, 2.75) is 12.5 Å². The number of amidine groups is 1. The smallest absolute Gasteiger partial charge is 0.251 e. The summed E-state index contributed by atoms with van der Waals surface area (Å²) >= 11 is 12.0. The first-order chi connectivity index (χ1) is 13.8. The lowest BCUT2D eigenvalue weighted by atomic mass is 10.0. The van der Waals surface area contributed by atoms with Crippen LogP contribution in [0.15, 0.2) is 59.1 Å². The van der Waals surface area contributed by atoms with Crippen LogP contribution in [-0.4, -0.2) is 30.3 Å². The third-order valence-electron chi connectivity index (χ3n) is 4.27. The summed E-state index contributed by atoms with van der Waals surface area (Å²) in [4.78, 5) is 5.61. The number of nitrogens with one attached hydrogen (secondary N) is 1. The van der Waals surface area contributed by atoms with Crippen molar-refractivity contribution < 1.29 is 13.3 Å². The van der Waals surface area contributed by atoms with Gasteiger partial charge in [-0.2, -0.15) is 5.10 Å². The Bertz CT molecular complexity index is 1170. The van der Waals surface area contributed by atoms with Crippen molar-refractivity contribution in [2.24, 2.45) is 4.40 Å². The average Bonchev–Trinajstić information content (AvgIpc) is 3.28. The number of halogens is 2. The Balaban J connectivity index is 1.76. The first kappa shape index (κ1) is 19.9. The maximum absolute atomic E-state index is 11.4. The molecule has 1 aliphatic rings. The van der Waals surface area contributed by atoms with E-state index in [1.807, 2.05) is 30.5 Å². The van der Waals surface area contributed by atoms with Gasteiger partial charge in [0.05, 0.1) is 17.6 Å². The molecule has 2 aromatic carbocycles. The van der Waals surface area contributed by atoms with Crippen molar-refractivity contribution in [3.05, 3.63) is 70.3 Å². The number of nitrogens with zero attached hydrogens (tertiary/aromatic N) is 3. The van der Waals surface area contributed by atoms with Crippen molar-refractivity contribution in [1.82, 2.24) is 15.3 Å². The van der Waals surface area contributed by atoms with E-state index in [9.17, 15) is 8.42 Å². The van der Waals surface area contributed by atoms with Crippen LogP contribution in [0.5, 0.6) is 0 Å². The van der Waals surface area contributed by atoms with E-state index < -0.39 is 16.1 Å². The van der Waals surface area contributed by atoms with Crippen molar-refractivity contribution in [3.63, 3.8) is 0 Å². The van der Waals surface area contributed by atoms with Gasteiger partial charge in [-0.05, 0) is 36.4 Å². The number of hydrogen-bond acceptors (Lipinski definition) is 4. The number of aromatic nitrogens is 2. The summed E-state index contributed by atoms with van der Waals surface area (Å²) in [5, 5.41) is 5.97. The SMILES string of the molecule is CS(=O)(=O)N=C1CC(c2cn(-c3ccc(Cl)cc3)nc2-c2ccc(Cl)cc2)ON1. The Labute approximate surface area is 177 Å². The van der Waals surface area contributed by atoms with Crippen LogP contribution in [0.25, 0.3) is 16.9 Å². The van der Waals surface area contributed by atoms with E-state index in [0.717, 1.165) is 23.1 Å². The fourth-order valence-electron chi connectivity index (χ4n) is 3.01. The molecule has 0 bridgehead atoms. The summed E-state index contributed by atoms with van der Waals surface area (Å²) in [6, 6.07) is 14.6. The second-order valence-corrected chi connectivity index (χ2v) is 9.07. The molecule has 1 unspecified atom stereocenters. The number of hydroxylamine groups is 1.